The fourth-order valence-corrected chi connectivity index (χ4v) is 3.47. The average Bonchev–Trinajstić information content (AvgIpc) is 2.78. The number of piperazine rings is 1. The normalized spacial score (nSPS) is 29.0. The zero-order chi connectivity index (χ0) is 13.9. The van der Waals surface area contributed by atoms with E-state index in [9.17, 15) is 9.90 Å². The third-order valence-corrected chi connectivity index (χ3v) is 4.93. The Morgan fingerprint density at radius 3 is 3.05 bits per heavy atom. The lowest BCUT2D eigenvalue weighted by molar-refractivity contribution is -0.0442. The highest BCUT2D eigenvalue weighted by molar-refractivity contribution is 5.93. The molecule has 0 spiro atoms. The minimum atomic E-state index is -0.502. The van der Waals surface area contributed by atoms with Gasteiger partial charge in [0.25, 0.3) is 0 Å². The molecule has 2 N–H and O–H groups in total. The first-order chi connectivity index (χ1) is 9.65. The van der Waals surface area contributed by atoms with Crippen LogP contribution in [0.15, 0.2) is 12.1 Å². The zero-order valence-corrected chi connectivity index (χ0v) is 11.4. The van der Waals surface area contributed by atoms with Crippen molar-refractivity contribution in [3.05, 3.63) is 34.4 Å². The SMILES string of the molecule is Cc1c([C@@H](O)CN2CC3NC[C@@H]32)ccc2c1COC2=O. The number of esters is 1. The van der Waals surface area contributed by atoms with E-state index < -0.39 is 6.10 Å². The number of aliphatic hydroxyl groups excluding tert-OH is 1. The second-order valence-corrected chi connectivity index (χ2v) is 5.93. The van der Waals surface area contributed by atoms with Gasteiger partial charge >= 0.3 is 5.97 Å². The van der Waals surface area contributed by atoms with Crippen molar-refractivity contribution in [1.82, 2.24) is 10.2 Å². The molecular weight excluding hydrogens is 256 g/mol. The molecule has 3 atom stereocenters. The molecule has 5 heteroatoms. The number of fused-ring (bicyclic) bond motifs is 2. The number of nitrogens with one attached hydrogen (secondary N) is 1. The van der Waals surface area contributed by atoms with Crippen LogP contribution in [0.1, 0.15) is 33.2 Å². The summed E-state index contributed by atoms with van der Waals surface area (Å²) in [4.78, 5) is 13.8. The topological polar surface area (TPSA) is 61.8 Å². The molecule has 0 bridgehead atoms. The van der Waals surface area contributed by atoms with Gasteiger partial charge in [-0.3, -0.25) is 4.90 Å². The Hall–Kier alpha value is -1.43. The molecule has 1 unspecified atom stereocenters. The molecule has 5 nitrogen and oxygen atoms in total. The summed E-state index contributed by atoms with van der Waals surface area (Å²) in [6, 6.07) is 4.88. The van der Waals surface area contributed by atoms with Crippen LogP contribution in [0.3, 0.4) is 0 Å². The maximum atomic E-state index is 11.5. The summed E-state index contributed by atoms with van der Waals surface area (Å²) in [5, 5.41) is 13.8. The number of rotatable bonds is 3. The molecule has 0 radical (unpaired) electrons. The van der Waals surface area contributed by atoms with Gasteiger partial charge in [0, 0.05) is 37.3 Å². The lowest BCUT2D eigenvalue weighted by atomic mass is 9.87. The molecule has 0 amide bonds. The molecule has 3 aliphatic rings. The maximum absolute atomic E-state index is 11.5. The van der Waals surface area contributed by atoms with E-state index in [1.54, 1.807) is 6.07 Å². The number of hydrogen-bond donors (Lipinski definition) is 2. The molecule has 1 aromatic carbocycles. The molecule has 0 saturated carbocycles. The zero-order valence-electron chi connectivity index (χ0n) is 11.4. The van der Waals surface area contributed by atoms with E-state index in [2.05, 4.69) is 10.2 Å². The van der Waals surface area contributed by atoms with Crippen LogP contribution in [0.2, 0.25) is 0 Å². The number of β-amino-alcohol motifs (C(OH)–C–C–N with tert-alkyl or cyclic N) is 1. The summed E-state index contributed by atoms with van der Waals surface area (Å²) in [6.07, 6.45) is -0.502. The highest BCUT2D eigenvalue weighted by Crippen LogP contribution is 2.32. The van der Waals surface area contributed by atoms with Crippen LogP contribution in [0, 0.1) is 6.92 Å². The van der Waals surface area contributed by atoms with Crippen molar-refractivity contribution in [3.63, 3.8) is 0 Å². The van der Waals surface area contributed by atoms with E-state index in [1.807, 2.05) is 13.0 Å². The van der Waals surface area contributed by atoms with Gasteiger partial charge in [-0.1, -0.05) is 6.07 Å². The quantitative estimate of drug-likeness (QED) is 0.779. The van der Waals surface area contributed by atoms with Crippen molar-refractivity contribution >= 4 is 5.97 Å². The Balaban J connectivity index is 1.54. The Labute approximate surface area is 117 Å². The lowest BCUT2D eigenvalue weighted by Crippen LogP contribution is -2.77. The first-order valence-corrected chi connectivity index (χ1v) is 7.10. The van der Waals surface area contributed by atoms with E-state index in [4.69, 9.17) is 4.74 Å². The van der Waals surface area contributed by atoms with Gasteiger partial charge in [0.2, 0.25) is 0 Å². The number of benzene rings is 1. The Morgan fingerprint density at radius 1 is 1.55 bits per heavy atom. The van der Waals surface area contributed by atoms with Crippen molar-refractivity contribution in [2.45, 2.75) is 31.7 Å². The number of carbonyl (C=O) groups excluding carboxylic acids is 1. The van der Waals surface area contributed by atoms with Crippen molar-refractivity contribution in [3.8, 4) is 0 Å². The summed E-state index contributed by atoms with van der Waals surface area (Å²) in [7, 11) is 0. The molecule has 106 valence electrons. The number of hydrogen-bond acceptors (Lipinski definition) is 5. The second-order valence-electron chi connectivity index (χ2n) is 5.93. The third-order valence-electron chi connectivity index (χ3n) is 4.93. The van der Waals surface area contributed by atoms with Crippen LogP contribution in [0.5, 0.6) is 0 Å². The molecule has 1 aromatic rings. The third kappa shape index (κ3) is 1.63. The predicted octanol–water partition coefficient (Wildman–Crippen LogP) is 0.355. The van der Waals surface area contributed by atoms with Gasteiger partial charge in [0.1, 0.15) is 6.61 Å². The molecule has 0 aliphatic carbocycles. The van der Waals surface area contributed by atoms with E-state index in [1.165, 1.54) is 0 Å². The molecular formula is C15H18N2O3. The number of ether oxygens (including phenoxy) is 1. The standard InChI is InChI=1S/C15H18N2O3/c1-8-9(2-3-10-11(8)7-20-15(10)19)14(18)6-17-5-12-13(17)4-16-12/h2-3,12-14,16,18H,4-7H2,1H3/t12?,13-,14-/m0/s1. The van der Waals surface area contributed by atoms with Gasteiger partial charge in [0.15, 0.2) is 0 Å². The number of aliphatic hydroxyl groups is 1. The predicted molar refractivity (Wildman–Crippen MR) is 72.4 cm³/mol. The smallest absolute Gasteiger partial charge is 0.338 e. The van der Waals surface area contributed by atoms with Gasteiger partial charge < -0.3 is 15.2 Å². The van der Waals surface area contributed by atoms with Crippen molar-refractivity contribution in [1.29, 1.82) is 0 Å². The first-order valence-electron chi connectivity index (χ1n) is 7.10. The molecule has 0 aromatic heterocycles. The summed E-state index contributed by atoms with van der Waals surface area (Å²) in [5.41, 5.74) is 3.48. The van der Waals surface area contributed by atoms with E-state index >= 15 is 0 Å². The van der Waals surface area contributed by atoms with Gasteiger partial charge in [-0.15, -0.1) is 0 Å². The summed E-state index contributed by atoms with van der Waals surface area (Å²) in [6.45, 7) is 5.01. The number of likely N-dealkylation sites (tertiary alicyclic amines) is 1. The monoisotopic (exact) mass is 274 g/mol. The van der Waals surface area contributed by atoms with Crippen LogP contribution in [-0.4, -0.2) is 47.7 Å². The minimum Gasteiger partial charge on any atom is -0.457 e. The van der Waals surface area contributed by atoms with Gasteiger partial charge in [-0.25, -0.2) is 4.79 Å². The van der Waals surface area contributed by atoms with Crippen LogP contribution in [0.4, 0.5) is 0 Å². The maximum Gasteiger partial charge on any atom is 0.338 e. The minimum absolute atomic E-state index is 0.254. The number of nitrogens with zero attached hydrogens (tertiary/aromatic N) is 1. The molecule has 3 heterocycles. The Bertz CT molecular complexity index is 587. The highest BCUT2D eigenvalue weighted by atomic mass is 16.5. The fraction of sp³-hybridized carbons (Fsp3) is 0.533. The van der Waals surface area contributed by atoms with Gasteiger partial charge in [-0.2, -0.15) is 0 Å². The number of cyclic esters (lactones) is 1. The van der Waals surface area contributed by atoms with Crippen LogP contribution in [-0.2, 0) is 11.3 Å². The van der Waals surface area contributed by atoms with E-state index in [0.717, 1.165) is 29.8 Å². The largest absolute Gasteiger partial charge is 0.457 e. The van der Waals surface area contributed by atoms with Crippen molar-refractivity contribution in [2.75, 3.05) is 19.6 Å². The van der Waals surface area contributed by atoms with Crippen LogP contribution in [0.25, 0.3) is 0 Å². The van der Waals surface area contributed by atoms with Crippen LogP contribution >= 0.6 is 0 Å². The Kier molecular flexibility index (Phi) is 2.64. The first kappa shape index (κ1) is 12.3. The molecule has 3 aliphatic heterocycles. The lowest BCUT2D eigenvalue weighted by Gasteiger charge is -2.56. The average molecular weight is 274 g/mol. The van der Waals surface area contributed by atoms with Gasteiger partial charge in [-0.05, 0) is 24.1 Å². The fourth-order valence-electron chi connectivity index (χ4n) is 3.47. The second kappa shape index (κ2) is 4.28. The highest BCUT2D eigenvalue weighted by Gasteiger charge is 2.45. The Morgan fingerprint density at radius 2 is 2.40 bits per heavy atom. The summed E-state index contributed by atoms with van der Waals surface area (Å²) < 4.78 is 5.05. The summed E-state index contributed by atoms with van der Waals surface area (Å²) in [5.74, 6) is -0.254. The molecule has 4 rings (SSSR count). The van der Waals surface area contributed by atoms with Crippen molar-refractivity contribution < 1.29 is 14.6 Å². The van der Waals surface area contributed by atoms with Crippen molar-refractivity contribution in [2.24, 2.45) is 0 Å². The number of carbonyl (C=O) groups is 1. The molecule has 2 saturated heterocycles. The van der Waals surface area contributed by atoms with Gasteiger partial charge in [0.05, 0.1) is 11.7 Å². The molecule has 2 fully saturated rings. The van der Waals surface area contributed by atoms with E-state index in [0.29, 0.717) is 30.8 Å². The summed E-state index contributed by atoms with van der Waals surface area (Å²) >= 11 is 0. The molecule has 20 heavy (non-hydrogen) atoms. The van der Waals surface area contributed by atoms with Crippen LogP contribution < -0.4 is 5.32 Å². The van der Waals surface area contributed by atoms with E-state index in [-0.39, 0.29) is 5.97 Å².